The van der Waals surface area contributed by atoms with Gasteiger partial charge in [0.05, 0.1) is 28.9 Å². The van der Waals surface area contributed by atoms with Crippen LogP contribution < -0.4 is 4.74 Å². The van der Waals surface area contributed by atoms with Gasteiger partial charge in [-0.15, -0.1) is 0 Å². The van der Waals surface area contributed by atoms with Crippen molar-refractivity contribution in [2.75, 3.05) is 6.61 Å². The number of rotatable bonds is 6. The van der Waals surface area contributed by atoms with E-state index in [2.05, 4.69) is 20.9 Å². The average Bonchev–Trinajstić information content (AvgIpc) is 3.21. The lowest BCUT2D eigenvalue weighted by Crippen LogP contribution is -2.34. The van der Waals surface area contributed by atoms with Gasteiger partial charge in [0, 0.05) is 10.7 Å². The van der Waals surface area contributed by atoms with Crippen LogP contribution in [0.15, 0.2) is 74.8 Å². The van der Waals surface area contributed by atoms with E-state index in [4.69, 9.17) is 21.1 Å². The predicted octanol–water partition coefficient (Wildman–Crippen LogP) is 6.45. The van der Waals surface area contributed by atoms with Crippen molar-refractivity contribution in [1.29, 1.82) is 0 Å². The van der Waals surface area contributed by atoms with Gasteiger partial charge in [-0.05, 0) is 54.6 Å². The summed E-state index contributed by atoms with van der Waals surface area (Å²) in [6.07, 6.45) is 1.92. The molecule has 0 aliphatic carbocycles. The highest BCUT2D eigenvalue weighted by Gasteiger charge is 2.37. The number of benzene rings is 2. The van der Waals surface area contributed by atoms with E-state index in [1.807, 2.05) is 65.9 Å². The average molecular weight is 520 g/mol. The predicted molar refractivity (Wildman–Crippen MR) is 128 cm³/mol. The molecule has 31 heavy (non-hydrogen) atoms. The van der Waals surface area contributed by atoms with Crippen LogP contribution in [0.3, 0.4) is 0 Å². The molecule has 0 bridgehead atoms. The molecule has 1 atom stereocenters. The number of aliphatic imine (C=N–C) groups is 1. The Morgan fingerprint density at radius 2 is 2.03 bits per heavy atom. The Hall–Kier alpha value is -2.22. The summed E-state index contributed by atoms with van der Waals surface area (Å²) in [4.78, 5) is 19.3. The molecule has 0 spiro atoms. The summed E-state index contributed by atoms with van der Waals surface area (Å²) in [6, 6.07) is 13.2. The number of esters is 1. The lowest BCUT2D eigenvalue weighted by molar-refractivity contribution is -0.139. The lowest BCUT2D eigenvalue weighted by atomic mass is 9.94. The summed E-state index contributed by atoms with van der Waals surface area (Å²) < 4.78 is 12.3. The molecule has 0 aromatic heterocycles. The van der Waals surface area contributed by atoms with E-state index in [1.165, 1.54) is 11.8 Å². The number of allylic oxidation sites excluding steroid dienone is 1. The standard InChI is InChI=1S/C23H20BrClN2O3S/c1-3-29-22(28)20-14(2)26-23-27(10-11-31-23)21(20)16-6-9-19(18(25)12-16)30-13-15-4-7-17(24)8-5-15/h4-12,21H,3,13H2,1-2H3/t21-/m0/s1. The van der Waals surface area contributed by atoms with Gasteiger partial charge in [0.2, 0.25) is 0 Å². The normalized spacial score (nSPS) is 17.5. The van der Waals surface area contributed by atoms with Crippen LogP contribution in [0.2, 0.25) is 5.02 Å². The number of carbonyl (C=O) groups is 1. The molecule has 160 valence electrons. The molecule has 2 aromatic rings. The van der Waals surface area contributed by atoms with Gasteiger partial charge in [0.1, 0.15) is 12.4 Å². The largest absolute Gasteiger partial charge is 0.487 e. The molecule has 2 heterocycles. The summed E-state index contributed by atoms with van der Waals surface area (Å²) in [6.45, 7) is 4.33. The number of thioether (sulfide) groups is 1. The Labute approximate surface area is 198 Å². The van der Waals surface area contributed by atoms with Crippen LogP contribution >= 0.6 is 39.3 Å². The summed E-state index contributed by atoms with van der Waals surface area (Å²) >= 11 is 11.5. The zero-order valence-corrected chi connectivity index (χ0v) is 20.1. The number of hydrogen-bond acceptors (Lipinski definition) is 6. The van der Waals surface area contributed by atoms with E-state index in [9.17, 15) is 4.79 Å². The van der Waals surface area contributed by atoms with Gasteiger partial charge in [0.15, 0.2) is 5.17 Å². The Bertz CT molecular complexity index is 1100. The Kier molecular flexibility index (Phi) is 6.74. The number of hydrogen-bond donors (Lipinski definition) is 0. The SMILES string of the molecule is CCOC(=O)C1=C(C)N=C2SC=CN2[C@H]1c1ccc(OCc2ccc(Br)cc2)c(Cl)c1. The van der Waals surface area contributed by atoms with Gasteiger partial charge in [-0.2, -0.15) is 0 Å². The quantitative estimate of drug-likeness (QED) is 0.411. The van der Waals surface area contributed by atoms with E-state index in [0.717, 1.165) is 20.8 Å². The monoisotopic (exact) mass is 518 g/mol. The Morgan fingerprint density at radius 1 is 1.26 bits per heavy atom. The van der Waals surface area contributed by atoms with E-state index in [-0.39, 0.29) is 12.0 Å². The second-order valence-corrected chi connectivity index (χ2v) is 9.13. The van der Waals surface area contributed by atoms with Gasteiger partial charge in [-0.1, -0.05) is 57.5 Å². The van der Waals surface area contributed by atoms with Gasteiger partial charge < -0.3 is 14.4 Å². The minimum Gasteiger partial charge on any atom is -0.487 e. The number of halogens is 2. The maximum absolute atomic E-state index is 12.7. The molecule has 0 amide bonds. The van der Waals surface area contributed by atoms with Crippen LogP contribution in [0.1, 0.15) is 31.0 Å². The fourth-order valence-electron chi connectivity index (χ4n) is 3.44. The maximum atomic E-state index is 12.7. The summed E-state index contributed by atoms with van der Waals surface area (Å²) in [5, 5.41) is 3.25. The van der Waals surface area contributed by atoms with Gasteiger partial charge >= 0.3 is 5.97 Å². The number of fused-ring (bicyclic) bond motifs is 1. The second-order valence-electron chi connectivity index (χ2n) is 6.93. The van der Waals surface area contributed by atoms with Crippen molar-refractivity contribution < 1.29 is 14.3 Å². The molecule has 8 heteroatoms. The fraction of sp³-hybridized carbons (Fsp3) is 0.217. The van der Waals surface area contributed by atoms with Crippen molar-refractivity contribution in [1.82, 2.24) is 4.90 Å². The third kappa shape index (κ3) is 4.68. The van der Waals surface area contributed by atoms with Crippen molar-refractivity contribution in [3.63, 3.8) is 0 Å². The highest BCUT2D eigenvalue weighted by atomic mass is 79.9. The molecule has 0 unspecified atom stereocenters. The van der Waals surface area contributed by atoms with Gasteiger partial charge in [-0.25, -0.2) is 9.79 Å². The van der Waals surface area contributed by atoms with Gasteiger partial charge in [-0.3, -0.25) is 0 Å². The first-order valence-electron chi connectivity index (χ1n) is 9.73. The van der Waals surface area contributed by atoms with E-state index in [1.54, 1.807) is 6.92 Å². The van der Waals surface area contributed by atoms with Crippen molar-refractivity contribution in [2.45, 2.75) is 26.5 Å². The maximum Gasteiger partial charge on any atom is 0.338 e. The molecular weight excluding hydrogens is 500 g/mol. The molecule has 0 N–H and O–H groups in total. The number of carbonyl (C=O) groups excluding carboxylic acids is 1. The summed E-state index contributed by atoms with van der Waals surface area (Å²) in [7, 11) is 0. The van der Waals surface area contributed by atoms with E-state index < -0.39 is 0 Å². The van der Waals surface area contributed by atoms with Gasteiger partial charge in [0.25, 0.3) is 0 Å². The smallest absolute Gasteiger partial charge is 0.338 e. The van der Waals surface area contributed by atoms with Crippen molar-refractivity contribution in [3.8, 4) is 5.75 Å². The number of amidine groups is 1. The zero-order chi connectivity index (χ0) is 22.0. The van der Waals surface area contributed by atoms with Crippen LogP contribution in [-0.4, -0.2) is 22.6 Å². The molecule has 0 saturated heterocycles. The number of nitrogens with zero attached hydrogens (tertiary/aromatic N) is 2. The molecule has 5 nitrogen and oxygen atoms in total. The van der Waals surface area contributed by atoms with Crippen LogP contribution in [0.25, 0.3) is 0 Å². The first kappa shape index (κ1) is 22.0. The van der Waals surface area contributed by atoms with Crippen LogP contribution in [-0.2, 0) is 16.1 Å². The lowest BCUT2D eigenvalue weighted by Gasteiger charge is -2.33. The van der Waals surface area contributed by atoms with Crippen LogP contribution in [0, 0.1) is 0 Å². The first-order valence-corrected chi connectivity index (χ1v) is 11.8. The zero-order valence-electron chi connectivity index (χ0n) is 17.0. The molecule has 0 radical (unpaired) electrons. The first-order chi connectivity index (χ1) is 15.0. The highest BCUT2D eigenvalue weighted by Crippen LogP contribution is 2.42. The molecule has 4 rings (SSSR count). The minimum atomic E-state index is -0.371. The van der Waals surface area contributed by atoms with E-state index >= 15 is 0 Å². The minimum absolute atomic E-state index is 0.299. The van der Waals surface area contributed by atoms with Crippen LogP contribution in [0.5, 0.6) is 5.75 Å². The van der Waals surface area contributed by atoms with Crippen LogP contribution in [0.4, 0.5) is 0 Å². The molecule has 0 saturated carbocycles. The van der Waals surface area contributed by atoms with Crippen molar-refractivity contribution >= 4 is 50.4 Å². The van der Waals surface area contributed by atoms with Crippen molar-refractivity contribution in [3.05, 3.63) is 86.0 Å². The number of ether oxygens (including phenoxy) is 2. The summed E-state index contributed by atoms with van der Waals surface area (Å²) in [5.74, 6) is 0.215. The molecule has 2 aliphatic rings. The van der Waals surface area contributed by atoms with Crippen molar-refractivity contribution in [2.24, 2.45) is 4.99 Å². The second kappa shape index (κ2) is 9.51. The summed E-state index contributed by atoms with van der Waals surface area (Å²) in [5.41, 5.74) is 3.07. The molecule has 0 fully saturated rings. The Balaban J connectivity index is 1.62. The third-order valence-corrected chi connectivity index (χ3v) is 6.49. The highest BCUT2D eigenvalue weighted by molar-refractivity contribution is 9.10. The third-order valence-electron chi connectivity index (χ3n) is 4.90. The molecule has 2 aromatic carbocycles. The molecule has 2 aliphatic heterocycles. The molecular formula is C23H20BrClN2O3S. The topological polar surface area (TPSA) is 51.1 Å². The Morgan fingerprint density at radius 3 is 2.74 bits per heavy atom. The fourth-order valence-corrected chi connectivity index (χ4v) is 4.74. The van der Waals surface area contributed by atoms with E-state index in [0.29, 0.717) is 35.3 Å².